The van der Waals surface area contributed by atoms with Gasteiger partial charge in [-0.25, -0.2) is 9.37 Å². The number of nitrogens with one attached hydrogen (secondary N) is 1. The summed E-state index contributed by atoms with van der Waals surface area (Å²) in [5.41, 5.74) is 0.946. The fourth-order valence-electron chi connectivity index (χ4n) is 2.97. The highest BCUT2D eigenvalue weighted by Gasteiger charge is 2.28. The van der Waals surface area contributed by atoms with Crippen LogP contribution < -0.4 is 5.32 Å². The number of hydrogen-bond acceptors (Lipinski definition) is 4. The van der Waals surface area contributed by atoms with E-state index in [1.165, 1.54) is 19.1 Å². The molecular formula is C18H20FN3O2S. The first-order valence-electron chi connectivity index (χ1n) is 8.27. The van der Waals surface area contributed by atoms with Crippen LogP contribution in [0.4, 0.5) is 4.39 Å². The minimum Gasteiger partial charge on any atom is -0.351 e. The maximum atomic E-state index is 13.9. The molecule has 0 unspecified atom stereocenters. The summed E-state index contributed by atoms with van der Waals surface area (Å²) in [7, 11) is 0. The van der Waals surface area contributed by atoms with Crippen molar-refractivity contribution < 1.29 is 14.0 Å². The third kappa shape index (κ3) is 4.22. The molecule has 2 amide bonds. The zero-order valence-corrected chi connectivity index (χ0v) is 14.8. The molecule has 5 nitrogen and oxygen atoms in total. The second-order valence-electron chi connectivity index (χ2n) is 6.16. The molecule has 0 aliphatic carbocycles. The zero-order valence-electron chi connectivity index (χ0n) is 14.0. The molecule has 1 aromatic carbocycles. The van der Waals surface area contributed by atoms with E-state index in [2.05, 4.69) is 10.3 Å². The summed E-state index contributed by atoms with van der Waals surface area (Å²) >= 11 is 1.55. The molecule has 0 radical (unpaired) electrons. The van der Waals surface area contributed by atoms with Gasteiger partial charge in [0.2, 0.25) is 5.91 Å². The Morgan fingerprint density at radius 1 is 1.40 bits per heavy atom. The van der Waals surface area contributed by atoms with Gasteiger partial charge in [0.15, 0.2) is 0 Å². The number of carbonyl (C=O) groups is 2. The molecule has 25 heavy (non-hydrogen) atoms. The Hall–Kier alpha value is -2.28. The first kappa shape index (κ1) is 17.5. The van der Waals surface area contributed by atoms with Gasteiger partial charge in [-0.2, -0.15) is 0 Å². The van der Waals surface area contributed by atoms with E-state index in [0.29, 0.717) is 19.6 Å². The Labute approximate surface area is 149 Å². The minimum absolute atomic E-state index is 0.0890. The lowest BCUT2D eigenvalue weighted by molar-refractivity contribution is -0.119. The van der Waals surface area contributed by atoms with Crippen molar-refractivity contribution in [3.63, 3.8) is 0 Å². The highest BCUT2D eigenvalue weighted by molar-refractivity contribution is 7.09. The lowest BCUT2D eigenvalue weighted by Crippen LogP contribution is -2.39. The van der Waals surface area contributed by atoms with Gasteiger partial charge in [0, 0.05) is 31.3 Å². The number of amides is 2. The molecule has 2 heterocycles. The van der Waals surface area contributed by atoms with E-state index in [0.717, 1.165) is 23.5 Å². The van der Waals surface area contributed by atoms with E-state index in [1.807, 2.05) is 5.38 Å². The van der Waals surface area contributed by atoms with E-state index in [9.17, 15) is 14.0 Å². The predicted octanol–water partition coefficient (Wildman–Crippen LogP) is 2.94. The van der Waals surface area contributed by atoms with Gasteiger partial charge in [0.05, 0.1) is 22.8 Å². The van der Waals surface area contributed by atoms with E-state index in [1.54, 1.807) is 28.4 Å². The van der Waals surface area contributed by atoms with Gasteiger partial charge in [-0.05, 0) is 25.0 Å². The lowest BCUT2D eigenvalue weighted by Gasteiger charge is -2.32. The number of piperidine rings is 1. The number of aromatic nitrogens is 1. The number of likely N-dealkylation sites (tertiary alicyclic amines) is 1. The van der Waals surface area contributed by atoms with Gasteiger partial charge < -0.3 is 10.2 Å². The molecule has 0 saturated carbocycles. The van der Waals surface area contributed by atoms with Crippen LogP contribution in [0.25, 0.3) is 0 Å². The van der Waals surface area contributed by atoms with Crippen LogP contribution in [0.5, 0.6) is 0 Å². The average molecular weight is 361 g/mol. The Kier molecular flexibility index (Phi) is 5.43. The van der Waals surface area contributed by atoms with E-state index in [-0.39, 0.29) is 23.3 Å². The van der Waals surface area contributed by atoms with E-state index < -0.39 is 5.82 Å². The van der Waals surface area contributed by atoms with Gasteiger partial charge in [-0.15, -0.1) is 11.3 Å². The van der Waals surface area contributed by atoms with Crippen LogP contribution >= 0.6 is 11.3 Å². The molecule has 1 aliphatic rings. The smallest absolute Gasteiger partial charge is 0.256 e. The van der Waals surface area contributed by atoms with Crippen LogP contribution in [0.2, 0.25) is 0 Å². The van der Waals surface area contributed by atoms with Crippen LogP contribution in [0.15, 0.2) is 29.6 Å². The molecule has 132 valence electrons. The predicted molar refractivity (Wildman–Crippen MR) is 93.9 cm³/mol. The topological polar surface area (TPSA) is 62.3 Å². The second kappa shape index (κ2) is 7.74. The van der Waals surface area contributed by atoms with Crippen molar-refractivity contribution in [2.45, 2.75) is 32.2 Å². The quantitative estimate of drug-likeness (QED) is 0.911. The molecule has 2 aromatic rings. The van der Waals surface area contributed by atoms with Gasteiger partial charge in [0.1, 0.15) is 5.82 Å². The average Bonchev–Trinajstić information content (AvgIpc) is 3.09. The van der Waals surface area contributed by atoms with Crippen molar-refractivity contribution in [1.82, 2.24) is 15.2 Å². The summed E-state index contributed by atoms with van der Waals surface area (Å²) < 4.78 is 13.9. The summed E-state index contributed by atoms with van der Waals surface area (Å²) in [6, 6.07) is 6.09. The van der Waals surface area contributed by atoms with Crippen molar-refractivity contribution in [3.05, 3.63) is 51.7 Å². The maximum absolute atomic E-state index is 13.9. The van der Waals surface area contributed by atoms with Crippen molar-refractivity contribution in [2.24, 2.45) is 0 Å². The summed E-state index contributed by atoms with van der Waals surface area (Å²) in [6.07, 6.45) is 1.82. The van der Waals surface area contributed by atoms with Gasteiger partial charge in [-0.1, -0.05) is 12.1 Å². The van der Waals surface area contributed by atoms with Crippen molar-refractivity contribution >= 4 is 23.2 Å². The number of thiazole rings is 1. The van der Waals surface area contributed by atoms with E-state index >= 15 is 0 Å². The fraction of sp³-hybridized carbons (Fsp3) is 0.389. The normalized spacial score (nSPS) is 17.4. The number of hydrogen-bond donors (Lipinski definition) is 1. The maximum Gasteiger partial charge on any atom is 0.256 e. The van der Waals surface area contributed by atoms with Gasteiger partial charge in [-0.3, -0.25) is 9.59 Å². The first-order chi connectivity index (χ1) is 12.0. The summed E-state index contributed by atoms with van der Waals surface area (Å²) in [5.74, 6) is -0.686. The molecule has 1 saturated heterocycles. The Morgan fingerprint density at radius 2 is 2.20 bits per heavy atom. The van der Waals surface area contributed by atoms with Crippen molar-refractivity contribution in [2.75, 3.05) is 13.1 Å². The molecule has 3 rings (SSSR count). The number of rotatable bonds is 4. The van der Waals surface area contributed by atoms with Crippen LogP contribution in [0, 0.1) is 5.82 Å². The van der Waals surface area contributed by atoms with Crippen LogP contribution in [-0.4, -0.2) is 34.8 Å². The molecular weight excluding hydrogens is 341 g/mol. The standard InChI is InChI=1S/C18H20FN3O2S/c1-12(23)20-9-14-11-25-17(21-14)13-5-4-8-22(10-13)18(24)15-6-2-3-7-16(15)19/h2-3,6-7,11,13H,4-5,8-10H2,1H3,(H,20,23)/t13-/m1/s1. The number of nitrogens with zero attached hydrogens (tertiary/aromatic N) is 2. The summed E-state index contributed by atoms with van der Waals surface area (Å²) in [4.78, 5) is 29.9. The Balaban J connectivity index is 1.68. The zero-order chi connectivity index (χ0) is 17.8. The largest absolute Gasteiger partial charge is 0.351 e. The molecule has 1 fully saturated rings. The fourth-order valence-corrected chi connectivity index (χ4v) is 3.92. The highest BCUT2D eigenvalue weighted by Crippen LogP contribution is 2.30. The number of carbonyl (C=O) groups excluding carboxylic acids is 2. The highest BCUT2D eigenvalue weighted by atomic mass is 32.1. The minimum atomic E-state index is -0.485. The lowest BCUT2D eigenvalue weighted by atomic mass is 9.98. The molecule has 0 spiro atoms. The Bertz CT molecular complexity index is 777. The molecule has 7 heteroatoms. The molecule has 1 N–H and O–H groups in total. The van der Waals surface area contributed by atoms with Crippen LogP contribution in [0.3, 0.4) is 0 Å². The third-order valence-corrected chi connectivity index (χ3v) is 5.31. The first-order valence-corrected chi connectivity index (χ1v) is 9.15. The number of halogens is 1. The molecule has 1 aromatic heterocycles. The van der Waals surface area contributed by atoms with Crippen LogP contribution in [0.1, 0.15) is 46.7 Å². The summed E-state index contributed by atoms with van der Waals surface area (Å²) in [5, 5.41) is 5.63. The van der Waals surface area contributed by atoms with Gasteiger partial charge in [0.25, 0.3) is 5.91 Å². The van der Waals surface area contributed by atoms with Crippen molar-refractivity contribution in [3.8, 4) is 0 Å². The molecule has 0 bridgehead atoms. The summed E-state index contributed by atoms with van der Waals surface area (Å²) in [6.45, 7) is 3.06. The third-order valence-electron chi connectivity index (χ3n) is 4.25. The Morgan fingerprint density at radius 3 is 2.96 bits per heavy atom. The van der Waals surface area contributed by atoms with E-state index in [4.69, 9.17) is 0 Å². The van der Waals surface area contributed by atoms with Gasteiger partial charge >= 0.3 is 0 Å². The molecule has 1 aliphatic heterocycles. The molecule has 1 atom stereocenters. The second-order valence-corrected chi connectivity index (χ2v) is 7.05. The van der Waals surface area contributed by atoms with Crippen molar-refractivity contribution in [1.29, 1.82) is 0 Å². The monoisotopic (exact) mass is 361 g/mol. The number of benzene rings is 1. The van der Waals surface area contributed by atoms with Crippen LogP contribution in [-0.2, 0) is 11.3 Å². The SMILES string of the molecule is CC(=O)NCc1csc([C@@H]2CCCN(C(=O)c3ccccc3F)C2)n1.